The second kappa shape index (κ2) is 7.25. The Hall–Kier alpha value is -1.10. The van der Waals surface area contributed by atoms with Crippen molar-refractivity contribution in [3.8, 4) is 0 Å². The Labute approximate surface area is 176 Å². The van der Waals surface area contributed by atoms with Gasteiger partial charge in [0.2, 0.25) is 0 Å². The summed E-state index contributed by atoms with van der Waals surface area (Å²) in [5, 5.41) is 0. The number of hydrogen-bond acceptors (Lipinski definition) is 5. The van der Waals surface area contributed by atoms with Crippen LogP contribution in [0.5, 0.6) is 0 Å². The Balaban J connectivity index is 1.68. The highest BCUT2D eigenvalue weighted by molar-refractivity contribution is 5.83. The van der Waals surface area contributed by atoms with Gasteiger partial charge in [0.05, 0.1) is 11.3 Å². The first-order chi connectivity index (χ1) is 13.2. The molecule has 3 rings (SSSR count). The number of carbonyl (C=O) groups is 2. The van der Waals surface area contributed by atoms with Crippen LogP contribution < -0.4 is 0 Å². The quantitative estimate of drug-likeness (QED) is 0.451. The summed E-state index contributed by atoms with van der Waals surface area (Å²) in [5.74, 6) is 0.291. The fourth-order valence-corrected chi connectivity index (χ4v) is 6.64. The van der Waals surface area contributed by atoms with Gasteiger partial charge in [0.1, 0.15) is 5.60 Å². The van der Waals surface area contributed by atoms with E-state index in [9.17, 15) is 9.59 Å². The molecule has 166 valence electrons. The summed E-state index contributed by atoms with van der Waals surface area (Å²) in [6.07, 6.45) is 3.77. The largest absolute Gasteiger partial charge is 0.459 e. The molecule has 29 heavy (non-hydrogen) atoms. The Morgan fingerprint density at radius 2 is 1.72 bits per heavy atom. The fraction of sp³-hybridized carbons (Fsp3) is 0.917. The molecule has 6 unspecified atom stereocenters. The summed E-state index contributed by atoms with van der Waals surface area (Å²) in [6, 6.07) is 0. The van der Waals surface area contributed by atoms with Gasteiger partial charge in [0.25, 0.3) is 0 Å². The number of esters is 2. The summed E-state index contributed by atoms with van der Waals surface area (Å²) in [5.41, 5.74) is -1.10. The number of rotatable bonds is 6. The Bertz CT molecular complexity index is 663. The number of hydrogen-bond donors (Lipinski definition) is 0. The van der Waals surface area contributed by atoms with Crippen LogP contribution in [0.4, 0.5) is 0 Å². The highest BCUT2D eigenvalue weighted by atomic mass is 16.7. The van der Waals surface area contributed by atoms with Crippen LogP contribution in [0.25, 0.3) is 0 Å². The second-order valence-electron chi connectivity index (χ2n) is 11.6. The molecule has 0 aliphatic heterocycles. The van der Waals surface area contributed by atoms with Crippen LogP contribution in [0.15, 0.2) is 0 Å². The lowest BCUT2D eigenvalue weighted by Gasteiger charge is -2.41. The SMILES string of the molecule is CCOC(C)OC(=O)C1CC2CC1CC(C)(OC(=O)C1(C(C)(C)C)CC1(C)C)C2. The number of fused-ring (bicyclic) bond motifs is 2. The molecule has 3 aliphatic carbocycles. The lowest BCUT2D eigenvalue weighted by atomic mass is 9.72. The summed E-state index contributed by atoms with van der Waals surface area (Å²) in [6.45, 7) is 17.0. The van der Waals surface area contributed by atoms with Crippen molar-refractivity contribution in [1.82, 2.24) is 0 Å². The van der Waals surface area contributed by atoms with E-state index in [0.717, 1.165) is 32.1 Å². The standard InChI is InChI=1S/C24H40O5/c1-9-27-15(2)28-19(25)18-11-16-10-17(18)13-23(8,12-16)29-20(26)24(21(3,4)5)14-22(24,6)7/h15-18H,9-14H2,1-8H3. The highest BCUT2D eigenvalue weighted by Gasteiger charge is 2.73. The van der Waals surface area contributed by atoms with E-state index in [1.165, 1.54) is 0 Å². The van der Waals surface area contributed by atoms with E-state index in [1.807, 2.05) is 6.92 Å². The summed E-state index contributed by atoms with van der Waals surface area (Å²) in [4.78, 5) is 26.1. The van der Waals surface area contributed by atoms with Gasteiger partial charge in [-0.2, -0.15) is 0 Å². The van der Waals surface area contributed by atoms with E-state index in [-0.39, 0.29) is 34.6 Å². The molecule has 0 N–H and O–H groups in total. The van der Waals surface area contributed by atoms with Gasteiger partial charge in [-0.15, -0.1) is 0 Å². The van der Waals surface area contributed by atoms with Crippen LogP contribution in [0.3, 0.4) is 0 Å². The van der Waals surface area contributed by atoms with E-state index < -0.39 is 17.3 Å². The lowest BCUT2D eigenvalue weighted by Crippen LogP contribution is -2.44. The van der Waals surface area contributed by atoms with Gasteiger partial charge in [0.15, 0.2) is 6.29 Å². The normalized spacial score (nSPS) is 39.0. The van der Waals surface area contributed by atoms with Gasteiger partial charge in [0, 0.05) is 6.61 Å². The van der Waals surface area contributed by atoms with Crippen LogP contribution in [-0.4, -0.2) is 30.4 Å². The number of ether oxygens (including phenoxy) is 3. The Morgan fingerprint density at radius 3 is 2.24 bits per heavy atom. The zero-order valence-corrected chi connectivity index (χ0v) is 19.6. The van der Waals surface area contributed by atoms with E-state index in [4.69, 9.17) is 14.2 Å². The molecular formula is C24H40O5. The highest BCUT2D eigenvalue weighted by Crippen LogP contribution is 2.72. The summed E-state index contributed by atoms with van der Waals surface area (Å²) >= 11 is 0. The minimum Gasteiger partial charge on any atom is -0.459 e. The van der Waals surface area contributed by atoms with Gasteiger partial charge in [-0.05, 0) is 75.5 Å². The Morgan fingerprint density at radius 1 is 1.10 bits per heavy atom. The van der Waals surface area contributed by atoms with Gasteiger partial charge < -0.3 is 14.2 Å². The number of carbonyl (C=O) groups excluding carboxylic acids is 2. The molecular weight excluding hydrogens is 368 g/mol. The first-order valence-electron chi connectivity index (χ1n) is 11.3. The maximum absolute atomic E-state index is 13.4. The maximum Gasteiger partial charge on any atom is 0.313 e. The summed E-state index contributed by atoms with van der Waals surface area (Å²) < 4.78 is 17.1. The molecule has 5 nitrogen and oxygen atoms in total. The van der Waals surface area contributed by atoms with Crippen molar-refractivity contribution in [1.29, 1.82) is 0 Å². The van der Waals surface area contributed by atoms with Crippen LogP contribution in [0, 0.1) is 34.0 Å². The third-order valence-corrected chi connectivity index (χ3v) is 7.90. The van der Waals surface area contributed by atoms with E-state index >= 15 is 0 Å². The molecule has 0 saturated heterocycles. The average molecular weight is 409 g/mol. The molecule has 3 aliphatic rings. The fourth-order valence-electron chi connectivity index (χ4n) is 6.64. The van der Waals surface area contributed by atoms with Crippen LogP contribution in [-0.2, 0) is 23.8 Å². The molecule has 2 bridgehead atoms. The molecule has 5 heteroatoms. The second-order valence-corrected chi connectivity index (χ2v) is 11.6. The van der Waals surface area contributed by atoms with E-state index in [1.54, 1.807) is 6.92 Å². The van der Waals surface area contributed by atoms with Gasteiger partial charge in [-0.3, -0.25) is 9.59 Å². The van der Waals surface area contributed by atoms with E-state index in [2.05, 4.69) is 41.5 Å². The third kappa shape index (κ3) is 3.96. The molecule has 0 amide bonds. The molecule has 0 aromatic carbocycles. The Kier molecular flexibility index (Phi) is 5.64. The zero-order valence-electron chi connectivity index (χ0n) is 19.6. The molecule has 3 saturated carbocycles. The lowest BCUT2D eigenvalue weighted by molar-refractivity contribution is -0.181. The smallest absolute Gasteiger partial charge is 0.313 e. The maximum atomic E-state index is 13.4. The molecule has 0 aromatic rings. The molecule has 3 fully saturated rings. The van der Waals surface area contributed by atoms with Crippen molar-refractivity contribution in [3.05, 3.63) is 0 Å². The van der Waals surface area contributed by atoms with Crippen molar-refractivity contribution in [2.45, 2.75) is 99.4 Å². The first-order valence-corrected chi connectivity index (χ1v) is 11.3. The minimum atomic E-state index is -0.513. The van der Waals surface area contributed by atoms with Crippen molar-refractivity contribution in [2.75, 3.05) is 6.61 Å². The van der Waals surface area contributed by atoms with Crippen molar-refractivity contribution >= 4 is 11.9 Å². The monoisotopic (exact) mass is 408 g/mol. The molecule has 0 spiro atoms. The topological polar surface area (TPSA) is 61.8 Å². The van der Waals surface area contributed by atoms with Gasteiger partial charge in [-0.1, -0.05) is 34.6 Å². The molecule has 0 radical (unpaired) electrons. The molecule has 0 aromatic heterocycles. The van der Waals surface area contributed by atoms with Crippen LogP contribution in [0.1, 0.15) is 87.5 Å². The van der Waals surface area contributed by atoms with Crippen LogP contribution >= 0.6 is 0 Å². The van der Waals surface area contributed by atoms with E-state index in [0.29, 0.717) is 12.5 Å². The minimum absolute atomic E-state index is 0.0336. The summed E-state index contributed by atoms with van der Waals surface area (Å²) in [7, 11) is 0. The molecule has 0 heterocycles. The zero-order chi connectivity index (χ0) is 21.8. The van der Waals surface area contributed by atoms with Crippen molar-refractivity contribution in [3.63, 3.8) is 0 Å². The van der Waals surface area contributed by atoms with Crippen LogP contribution in [0.2, 0.25) is 0 Å². The first kappa shape index (κ1) is 22.6. The average Bonchev–Trinajstić information content (AvgIpc) is 3.03. The molecule has 6 atom stereocenters. The van der Waals surface area contributed by atoms with Gasteiger partial charge >= 0.3 is 11.9 Å². The predicted molar refractivity (Wildman–Crippen MR) is 111 cm³/mol. The van der Waals surface area contributed by atoms with Crippen molar-refractivity contribution < 1.29 is 23.8 Å². The van der Waals surface area contributed by atoms with Gasteiger partial charge in [-0.25, -0.2) is 0 Å². The third-order valence-electron chi connectivity index (χ3n) is 7.90. The van der Waals surface area contributed by atoms with Crippen molar-refractivity contribution in [2.24, 2.45) is 34.0 Å². The predicted octanol–water partition coefficient (Wildman–Crippen LogP) is 5.11.